The van der Waals surface area contributed by atoms with Crippen molar-refractivity contribution in [3.8, 4) is 11.1 Å². The highest BCUT2D eigenvalue weighted by Gasteiger charge is 2.20. The molecule has 3 aromatic rings. The molecule has 0 fully saturated rings. The van der Waals surface area contributed by atoms with Crippen LogP contribution in [0.25, 0.3) is 11.1 Å². The van der Waals surface area contributed by atoms with Gasteiger partial charge < -0.3 is 5.32 Å². The molecule has 0 saturated heterocycles. The fourth-order valence-corrected chi connectivity index (χ4v) is 2.43. The maximum absolute atomic E-state index is 13.0. The number of amides is 1. The van der Waals surface area contributed by atoms with Crippen LogP contribution in [-0.4, -0.2) is 10.9 Å². The van der Waals surface area contributed by atoms with E-state index in [1.165, 1.54) is 18.3 Å². The first-order valence-corrected chi connectivity index (χ1v) is 10.4. The lowest BCUT2D eigenvalue weighted by atomic mass is 10.0. The van der Waals surface area contributed by atoms with Crippen LogP contribution in [-0.2, 0) is 0 Å². The second-order valence-electron chi connectivity index (χ2n) is 5.10. The molecule has 0 atom stereocenters. The third-order valence-electron chi connectivity index (χ3n) is 3.55. The molecule has 1 heterocycles. The summed E-state index contributed by atoms with van der Waals surface area (Å²) in [5.74, 6) is -0.609. The minimum atomic E-state index is -2.81. The van der Waals surface area contributed by atoms with E-state index in [2.05, 4.69) is 10.3 Å². The molecule has 0 unspecified atom stereocenters. The molecule has 30 heavy (non-hydrogen) atoms. The van der Waals surface area contributed by atoms with Crippen molar-refractivity contribution >= 4 is 11.6 Å². The Balaban J connectivity index is 0.00000129. The first kappa shape index (κ1) is 26.9. The number of para-hydroxylation sites is 1. The van der Waals surface area contributed by atoms with E-state index in [0.29, 0.717) is 5.69 Å². The van der Waals surface area contributed by atoms with Gasteiger partial charge in [-0.05, 0) is 23.8 Å². The minimum absolute atomic E-state index is 0.129. The summed E-state index contributed by atoms with van der Waals surface area (Å²) >= 11 is 0. The Morgan fingerprint density at radius 1 is 0.800 bits per heavy atom. The quantitative estimate of drug-likeness (QED) is 0.470. The number of hydrogen-bond donors (Lipinski definition) is 1. The molecule has 0 aliphatic carbocycles. The van der Waals surface area contributed by atoms with E-state index in [0.717, 1.165) is 11.1 Å². The lowest BCUT2D eigenvalue weighted by Gasteiger charge is -2.12. The molecule has 3 rings (SSSR count). The molecule has 1 N–H and O–H groups in total. The monoisotopic (exact) mass is 414 g/mol. The summed E-state index contributed by atoms with van der Waals surface area (Å²) in [5, 5.41) is 2.71. The van der Waals surface area contributed by atoms with E-state index in [4.69, 9.17) is 0 Å². The molecular weight excluding hydrogens is 382 g/mol. The van der Waals surface area contributed by atoms with E-state index >= 15 is 0 Å². The van der Waals surface area contributed by atoms with E-state index in [1.807, 2.05) is 84.0 Å². The smallest absolute Gasteiger partial charge is 0.281 e. The second-order valence-corrected chi connectivity index (χ2v) is 5.10. The molecule has 0 aliphatic heterocycles. The Labute approximate surface area is 179 Å². The Hall–Kier alpha value is -3.08. The van der Waals surface area contributed by atoms with Gasteiger partial charge in [-0.25, -0.2) is 8.78 Å². The molecular formula is C25H32F2N2O. The number of rotatable bonds is 4. The second kappa shape index (κ2) is 15.8. The molecule has 0 radical (unpaired) electrons. The minimum Gasteiger partial charge on any atom is -0.321 e. The van der Waals surface area contributed by atoms with E-state index < -0.39 is 18.0 Å². The highest BCUT2D eigenvalue weighted by atomic mass is 19.3. The van der Waals surface area contributed by atoms with Crippen LogP contribution in [0.2, 0.25) is 0 Å². The number of halogens is 2. The van der Waals surface area contributed by atoms with Crippen molar-refractivity contribution in [3.63, 3.8) is 0 Å². The van der Waals surface area contributed by atoms with Crippen LogP contribution in [0.3, 0.4) is 0 Å². The molecule has 0 saturated carbocycles. The fraction of sp³-hybridized carbons (Fsp3) is 0.280. The van der Waals surface area contributed by atoms with Crippen molar-refractivity contribution in [2.45, 2.75) is 48.0 Å². The van der Waals surface area contributed by atoms with Crippen molar-refractivity contribution in [2.75, 3.05) is 5.32 Å². The molecule has 162 valence electrons. The van der Waals surface area contributed by atoms with Gasteiger partial charge in [0.2, 0.25) is 0 Å². The normalized spacial score (nSPS) is 9.10. The van der Waals surface area contributed by atoms with Crippen LogP contribution in [0, 0.1) is 0 Å². The van der Waals surface area contributed by atoms with Gasteiger partial charge in [0, 0.05) is 17.4 Å². The van der Waals surface area contributed by atoms with Gasteiger partial charge in [-0.15, -0.1) is 0 Å². The molecule has 1 aromatic heterocycles. The molecule has 0 bridgehead atoms. The number of nitrogens with one attached hydrogen (secondary N) is 1. The number of hydrogen-bond acceptors (Lipinski definition) is 2. The van der Waals surface area contributed by atoms with E-state index in [9.17, 15) is 13.6 Å². The average molecular weight is 415 g/mol. The van der Waals surface area contributed by atoms with Crippen LogP contribution < -0.4 is 5.32 Å². The summed E-state index contributed by atoms with van der Waals surface area (Å²) in [5.41, 5.74) is 1.64. The summed E-state index contributed by atoms with van der Waals surface area (Å²) in [7, 11) is 0. The molecule has 2 aromatic carbocycles. The molecule has 1 amide bonds. The zero-order chi connectivity index (χ0) is 22.9. The zero-order valence-electron chi connectivity index (χ0n) is 18.6. The van der Waals surface area contributed by atoms with Gasteiger partial charge in [0.15, 0.2) is 0 Å². The lowest BCUT2D eigenvalue weighted by molar-refractivity contribution is 0.100. The number of carbonyl (C=O) groups excluding carboxylic acids is 1. The average Bonchev–Trinajstić information content (AvgIpc) is 2.84. The van der Waals surface area contributed by atoms with Gasteiger partial charge in [-0.2, -0.15) is 0 Å². The highest BCUT2D eigenvalue weighted by molar-refractivity contribution is 6.07. The topological polar surface area (TPSA) is 42.0 Å². The first-order valence-electron chi connectivity index (χ1n) is 10.4. The van der Waals surface area contributed by atoms with Gasteiger partial charge in [-0.1, -0.05) is 90.1 Å². The van der Waals surface area contributed by atoms with Gasteiger partial charge in [0.25, 0.3) is 12.3 Å². The number of alkyl halides is 2. The third kappa shape index (κ3) is 7.74. The van der Waals surface area contributed by atoms with Crippen LogP contribution in [0.15, 0.2) is 72.9 Å². The third-order valence-corrected chi connectivity index (χ3v) is 3.55. The SMILES string of the molecule is CC.CC.CC.O=C(Nc1ccccc1-c1ccccc1)c1cccnc1C(F)F. The van der Waals surface area contributed by atoms with Gasteiger partial charge in [0.1, 0.15) is 5.69 Å². The van der Waals surface area contributed by atoms with Crippen molar-refractivity contribution in [1.82, 2.24) is 4.98 Å². The van der Waals surface area contributed by atoms with Gasteiger partial charge >= 0.3 is 0 Å². The van der Waals surface area contributed by atoms with Gasteiger partial charge in [-0.3, -0.25) is 9.78 Å². The molecule has 3 nitrogen and oxygen atoms in total. The number of carbonyl (C=O) groups is 1. The number of aromatic nitrogens is 1. The van der Waals surface area contributed by atoms with Gasteiger partial charge in [0.05, 0.1) is 5.56 Å². The molecule has 5 heteroatoms. The summed E-state index contributed by atoms with van der Waals surface area (Å²) < 4.78 is 26.1. The van der Waals surface area contributed by atoms with Crippen LogP contribution >= 0.6 is 0 Å². The van der Waals surface area contributed by atoms with Crippen LogP contribution in [0.5, 0.6) is 0 Å². The summed E-state index contributed by atoms with van der Waals surface area (Å²) in [4.78, 5) is 16.0. The summed E-state index contributed by atoms with van der Waals surface area (Å²) in [6.45, 7) is 12.0. The Morgan fingerprint density at radius 3 is 1.97 bits per heavy atom. The van der Waals surface area contributed by atoms with E-state index in [1.54, 1.807) is 12.1 Å². The first-order chi connectivity index (χ1) is 14.7. The van der Waals surface area contributed by atoms with E-state index in [-0.39, 0.29) is 5.56 Å². The molecule has 0 aliphatic rings. The predicted molar refractivity (Wildman–Crippen MR) is 123 cm³/mol. The van der Waals surface area contributed by atoms with Crippen molar-refractivity contribution in [2.24, 2.45) is 0 Å². The largest absolute Gasteiger partial charge is 0.321 e. The standard InChI is InChI=1S/C19H14F2N2O.3C2H6/c20-18(21)17-15(10-6-12-22-17)19(24)23-16-11-5-4-9-14(16)13-7-2-1-3-8-13;3*1-2/h1-12,18H,(H,23,24);3*1-2H3. The number of benzene rings is 2. The lowest BCUT2D eigenvalue weighted by Crippen LogP contribution is -2.16. The summed E-state index contributed by atoms with van der Waals surface area (Å²) in [6.07, 6.45) is -1.56. The Bertz CT molecular complexity index is 853. The highest BCUT2D eigenvalue weighted by Crippen LogP contribution is 2.28. The molecule has 0 spiro atoms. The van der Waals surface area contributed by atoms with Crippen molar-refractivity contribution in [3.05, 3.63) is 84.2 Å². The fourth-order valence-electron chi connectivity index (χ4n) is 2.43. The maximum atomic E-state index is 13.0. The Kier molecular flexibility index (Phi) is 14.2. The Morgan fingerprint density at radius 2 is 1.37 bits per heavy atom. The zero-order valence-corrected chi connectivity index (χ0v) is 18.6. The summed E-state index contributed by atoms with van der Waals surface area (Å²) in [6, 6.07) is 19.5. The van der Waals surface area contributed by atoms with Crippen molar-refractivity contribution in [1.29, 1.82) is 0 Å². The number of anilines is 1. The number of nitrogens with zero attached hydrogens (tertiary/aromatic N) is 1. The predicted octanol–water partition coefficient (Wildman–Crippen LogP) is 8.02. The van der Waals surface area contributed by atoms with Crippen LogP contribution in [0.1, 0.15) is 64.0 Å². The maximum Gasteiger partial charge on any atom is 0.281 e. The van der Waals surface area contributed by atoms with Crippen LogP contribution in [0.4, 0.5) is 14.5 Å². The van der Waals surface area contributed by atoms with Crippen molar-refractivity contribution < 1.29 is 13.6 Å². The number of pyridine rings is 1.